The van der Waals surface area contributed by atoms with Crippen LogP contribution in [0.25, 0.3) is 0 Å². The number of hydrogen-bond acceptors (Lipinski definition) is 2. The van der Waals surface area contributed by atoms with Crippen LogP contribution in [0.4, 0.5) is 0 Å². The third-order valence-electron chi connectivity index (χ3n) is 4.53. The van der Waals surface area contributed by atoms with Gasteiger partial charge in [-0.1, -0.05) is 31.9 Å². The Labute approximate surface area is 125 Å². The van der Waals surface area contributed by atoms with Gasteiger partial charge >= 0.3 is 5.97 Å². The maximum absolute atomic E-state index is 12.4. The largest absolute Gasteiger partial charge is 0.481 e. The van der Waals surface area contributed by atoms with E-state index in [-0.39, 0.29) is 5.91 Å². The van der Waals surface area contributed by atoms with Crippen molar-refractivity contribution in [3.63, 3.8) is 0 Å². The molecule has 0 heterocycles. The molecule has 1 aromatic rings. The van der Waals surface area contributed by atoms with Gasteiger partial charge in [-0.25, -0.2) is 0 Å². The number of rotatable bonds is 4. The average Bonchev–Trinajstić information content (AvgIpc) is 2.47. The lowest BCUT2D eigenvalue weighted by atomic mass is 9.73. The number of benzene rings is 1. The van der Waals surface area contributed by atoms with E-state index in [1.807, 2.05) is 19.1 Å². The lowest BCUT2D eigenvalue weighted by Gasteiger charge is -2.39. The summed E-state index contributed by atoms with van der Waals surface area (Å²) in [4.78, 5) is 23.8. The van der Waals surface area contributed by atoms with Gasteiger partial charge in [0.15, 0.2) is 0 Å². The molecule has 1 aromatic carbocycles. The summed E-state index contributed by atoms with van der Waals surface area (Å²) in [6, 6.07) is 7.48. The summed E-state index contributed by atoms with van der Waals surface area (Å²) in [5, 5.41) is 12.3. The molecule has 0 aliphatic heterocycles. The first-order valence-corrected chi connectivity index (χ1v) is 7.60. The molecule has 0 aromatic heterocycles. The summed E-state index contributed by atoms with van der Waals surface area (Å²) in [5.74, 6) is -1.52. The molecule has 2 rings (SSSR count). The second-order valence-electron chi connectivity index (χ2n) is 6.06. The summed E-state index contributed by atoms with van der Waals surface area (Å²) < 4.78 is 0. The molecule has 2 unspecified atom stereocenters. The minimum absolute atomic E-state index is 0.187. The minimum Gasteiger partial charge on any atom is -0.481 e. The van der Waals surface area contributed by atoms with Crippen molar-refractivity contribution in [2.75, 3.05) is 0 Å². The van der Waals surface area contributed by atoms with Crippen LogP contribution in [0.3, 0.4) is 0 Å². The van der Waals surface area contributed by atoms with Gasteiger partial charge in [0, 0.05) is 5.56 Å². The fourth-order valence-corrected chi connectivity index (χ4v) is 3.10. The Morgan fingerprint density at radius 2 is 1.95 bits per heavy atom. The molecule has 1 amide bonds. The molecule has 1 aliphatic rings. The smallest absolute Gasteiger partial charge is 0.308 e. The zero-order chi connectivity index (χ0) is 15.5. The van der Waals surface area contributed by atoms with Crippen LogP contribution in [0.15, 0.2) is 24.3 Å². The second kappa shape index (κ2) is 6.29. The molecule has 1 aliphatic carbocycles. The number of carboxylic acid groups (broad SMARTS) is 1. The zero-order valence-electron chi connectivity index (χ0n) is 12.7. The summed E-state index contributed by atoms with van der Waals surface area (Å²) in [6.45, 7) is 3.92. The van der Waals surface area contributed by atoms with E-state index in [0.717, 1.165) is 19.3 Å². The highest BCUT2D eigenvalue weighted by Gasteiger charge is 2.42. The molecule has 114 valence electrons. The molecule has 1 fully saturated rings. The van der Waals surface area contributed by atoms with Crippen molar-refractivity contribution < 1.29 is 14.7 Å². The normalized spacial score (nSPS) is 25.3. The number of aliphatic carboxylic acids is 1. The number of amides is 1. The van der Waals surface area contributed by atoms with Crippen LogP contribution >= 0.6 is 0 Å². The molecular formula is C17H23NO3. The molecule has 21 heavy (non-hydrogen) atoms. The Morgan fingerprint density at radius 1 is 1.29 bits per heavy atom. The lowest BCUT2D eigenvalue weighted by molar-refractivity contribution is -0.145. The molecule has 2 N–H and O–H groups in total. The number of carbonyl (C=O) groups is 2. The van der Waals surface area contributed by atoms with Crippen molar-refractivity contribution >= 4 is 11.9 Å². The van der Waals surface area contributed by atoms with Gasteiger partial charge in [-0.3, -0.25) is 9.59 Å². The topological polar surface area (TPSA) is 66.4 Å². The molecule has 0 bridgehead atoms. The standard InChI is InChI=1S/C17H23NO3/c1-3-12-7-9-13(10-8-12)15(19)18-17(2)11-5-4-6-14(17)16(20)21/h7-10,14H,3-6,11H2,1-2H3,(H,18,19)(H,20,21). The Kier molecular flexibility index (Phi) is 4.66. The van der Waals surface area contributed by atoms with Crippen LogP contribution in [0.5, 0.6) is 0 Å². The van der Waals surface area contributed by atoms with Crippen LogP contribution in [0.2, 0.25) is 0 Å². The first-order valence-electron chi connectivity index (χ1n) is 7.60. The molecule has 4 heteroatoms. The van der Waals surface area contributed by atoms with Gasteiger partial charge in [-0.05, 0) is 43.9 Å². The third-order valence-corrected chi connectivity index (χ3v) is 4.53. The van der Waals surface area contributed by atoms with E-state index in [1.54, 1.807) is 12.1 Å². The summed E-state index contributed by atoms with van der Waals surface area (Å²) >= 11 is 0. The second-order valence-corrected chi connectivity index (χ2v) is 6.06. The van der Waals surface area contributed by atoms with Crippen LogP contribution in [-0.2, 0) is 11.2 Å². The highest BCUT2D eigenvalue weighted by Crippen LogP contribution is 2.34. The Bertz CT molecular complexity index is 523. The molecule has 2 atom stereocenters. The van der Waals surface area contributed by atoms with E-state index < -0.39 is 17.4 Å². The quantitative estimate of drug-likeness (QED) is 0.895. The van der Waals surface area contributed by atoms with E-state index in [2.05, 4.69) is 12.2 Å². The maximum atomic E-state index is 12.4. The number of nitrogens with one attached hydrogen (secondary N) is 1. The van der Waals surface area contributed by atoms with Gasteiger partial charge in [-0.2, -0.15) is 0 Å². The number of hydrogen-bond donors (Lipinski definition) is 2. The minimum atomic E-state index is -0.821. The molecule has 0 spiro atoms. The molecule has 0 radical (unpaired) electrons. The van der Waals surface area contributed by atoms with E-state index >= 15 is 0 Å². The number of carboxylic acids is 1. The van der Waals surface area contributed by atoms with Gasteiger partial charge < -0.3 is 10.4 Å². The van der Waals surface area contributed by atoms with Gasteiger partial charge in [0.2, 0.25) is 0 Å². The number of aryl methyl sites for hydroxylation is 1. The maximum Gasteiger partial charge on any atom is 0.308 e. The lowest BCUT2D eigenvalue weighted by Crippen LogP contribution is -2.55. The first-order chi connectivity index (χ1) is 9.96. The van der Waals surface area contributed by atoms with E-state index in [0.29, 0.717) is 18.4 Å². The highest BCUT2D eigenvalue weighted by molar-refractivity contribution is 5.95. The van der Waals surface area contributed by atoms with Gasteiger partial charge in [-0.15, -0.1) is 0 Å². The van der Waals surface area contributed by atoms with E-state index in [1.165, 1.54) is 5.56 Å². The third kappa shape index (κ3) is 3.43. The van der Waals surface area contributed by atoms with Crippen molar-refractivity contribution in [2.45, 2.75) is 51.5 Å². The number of carbonyl (C=O) groups excluding carboxylic acids is 1. The fourth-order valence-electron chi connectivity index (χ4n) is 3.10. The van der Waals surface area contributed by atoms with Crippen LogP contribution in [0, 0.1) is 5.92 Å². The fraction of sp³-hybridized carbons (Fsp3) is 0.529. The zero-order valence-corrected chi connectivity index (χ0v) is 12.7. The van der Waals surface area contributed by atoms with Crippen molar-refractivity contribution in [3.05, 3.63) is 35.4 Å². The summed E-state index contributed by atoms with van der Waals surface area (Å²) in [5.41, 5.74) is 1.10. The van der Waals surface area contributed by atoms with E-state index in [9.17, 15) is 14.7 Å². The van der Waals surface area contributed by atoms with Crippen LogP contribution < -0.4 is 5.32 Å². The Balaban J connectivity index is 2.13. The van der Waals surface area contributed by atoms with Gasteiger partial charge in [0.1, 0.15) is 0 Å². The summed E-state index contributed by atoms with van der Waals surface area (Å²) in [6.07, 6.45) is 4.13. The monoisotopic (exact) mass is 289 g/mol. The summed E-state index contributed by atoms with van der Waals surface area (Å²) in [7, 11) is 0. The average molecular weight is 289 g/mol. The van der Waals surface area contributed by atoms with Crippen molar-refractivity contribution in [2.24, 2.45) is 5.92 Å². The molecule has 4 nitrogen and oxygen atoms in total. The van der Waals surface area contributed by atoms with Crippen LogP contribution in [-0.4, -0.2) is 22.5 Å². The predicted octanol–water partition coefficient (Wildman–Crippen LogP) is 3.01. The van der Waals surface area contributed by atoms with Crippen molar-refractivity contribution in [1.29, 1.82) is 0 Å². The van der Waals surface area contributed by atoms with E-state index in [4.69, 9.17) is 0 Å². The first kappa shape index (κ1) is 15.5. The van der Waals surface area contributed by atoms with Gasteiger partial charge in [0.25, 0.3) is 5.91 Å². The molecule has 0 saturated heterocycles. The Hall–Kier alpha value is -1.84. The van der Waals surface area contributed by atoms with Crippen molar-refractivity contribution in [1.82, 2.24) is 5.32 Å². The molecule has 1 saturated carbocycles. The van der Waals surface area contributed by atoms with Crippen molar-refractivity contribution in [3.8, 4) is 0 Å². The SMILES string of the molecule is CCc1ccc(C(=O)NC2(C)CCCCC2C(=O)O)cc1. The highest BCUT2D eigenvalue weighted by atomic mass is 16.4. The molecular weight excluding hydrogens is 266 g/mol. The predicted molar refractivity (Wildman–Crippen MR) is 81.3 cm³/mol. The van der Waals surface area contributed by atoms with Gasteiger partial charge in [0.05, 0.1) is 11.5 Å². The van der Waals surface area contributed by atoms with Crippen LogP contribution in [0.1, 0.15) is 55.5 Å². The Morgan fingerprint density at radius 3 is 2.52 bits per heavy atom.